The average Bonchev–Trinajstić information content (AvgIpc) is 3.37. The minimum absolute atomic E-state index is 0.0178. The number of benzene rings is 1. The second-order valence-corrected chi connectivity index (χ2v) is 8.97. The van der Waals surface area contributed by atoms with Crippen LogP contribution in [0.25, 0.3) is 20.7 Å². The highest BCUT2D eigenvalue weighted by Gasteiger charge is 2.19. The van der Waals surface area contributed by atoms with Crippen molar-refractivity contribution in [3.05, 3.63) is 46.8 Å². The molecule has 1 N–H and O–H groups in total. The largest absolute Gasteiger partial charge is 0.353 e. The third-order valence-electron chi connectivity index (χ3n) is 5.03. The molecule has 1 amide bonds. The van der Waals surface area contributed by atoms with Gasteiger partial charge in [0.15, 0.2) is 5.16 Å². The maximum atomic E-state index is 13.0. The van der Waals surface area contributed by atoms with Gasteiger partial charge in [-0.05, 0) is 31.4 Å². The lowest BCUT2D eigenvalue weighted by Gasteiger charge is -2.12. The second-order valence-electron chi connectivity index (χ2n) is 6.97. The SMILES string of the molecule is CCn1c(SCC(=O)NC2CCCC2)nc2cc(-c3ccccc3)sc2c1=O. The van der Waals surface area contributed by atoms with Crippen LogP contribution in [0.3, 0.4) is 0 Å². The average molecular weight is 414 g/mol. The second kappa shape index (κ2) is 8.49. The zero-order valence-electron chi connectivity index (χ0n) is 15.8. The van der Waals surface area contributed by atoms with Crippen molar-refractivity contribution in [3.63, 3.8) is 0 Å². The van der Waals surface area contributed by atoms with Crippen LogP contribution in [0.4, 0.5) is 0 Å². The highest BCUT2D eigenvalue weighted by atomic mass is 32.2. The molecule has 2 aromatic heterocycles. The number of fused-ring (bicyclic) bond motifs is 1. The predicted octanol–water partition coefficient (Wildman–Crippen LogP) is 4.30. The van der Waals surface area contributed by atoms with Gasteiger partial charge in [0.2, 0.25) is 5.91 Å². The molecule has 1 aliphatic rings. The van der Waals surface area contributed by atoms with E-state index >= 15 is 0 Å². The molecule has 1 fully saturated rings. The zero-order valence-corrected chi connectivity index (χ0v) is 17.4. The molecule has 28 heavy (non-hydrogen) atoms. The molecular formula is C21H23N3O2S2. The van der Waals surface area contributed by atoms with E-state index in [1.54, 1.807) is 4.57 Å². The first kappa shape index (κ1) is 19.2. The maximum Gasteiger partial charge on any atom is 0.272 e. The van der Waals surface area contributed by atoms with Crippen LogP contribution in [-0.4, -0.2) is 27.3 Å². The van der Waals surface area contributed by atoms with Crippen LogP contribution in [0.2, 0.25) is 0 Å². The monoisotopic (exact) mass is 413 g/mol. The molecule has 1 aliphatic carbocycles. The highest BCUT2D eigenvalue weighted by Crippen LogP contribution is 2.32. The summed E-state index contributed by atoms with van der Waals surface area (Å²) in [5.41, 5.74) is 1.76. The van der Waals surface area contributed by atoms with Crippen LogP contribution in [0.5, 0.6) is 0 Å². The quantitative estimate of drug-likeness (QED) is 0.483. The Kier molecular flexibility index (Phi) is 5.82. The van der Waals surface area contributed by atoms with Crippen LogP contribution in [0, 0.1) is 0 Å². The molecule has 0 aliphatic heterocycles. The third-order valence-corrected chi connectivity index (χ3v) is 7.16. The van der Waals surface area contributed by atoms with Crippen molar-refractivity contribution >= 4 is 39.2 Å². The summed E-state index contributed by atoms with van der Waals surface area (Å²) >= 11 is 2.82. The fraction of sp³-hybridized carbons (Fsp3) is 0.381. The van der Waals surface area contributed by atoms with Gasteiger partial charge in [-0.3, -0.25) is 14.2 Å². The van der Waals surface area contributed by atoms with Gasteiger partial charge in [-0.15, -0.1) is 11.3 Å². The minimum atomic E-state index is -0.0293. The molecule has 4 rings (SSSR count). The molecular weight excluding hydrogens is 390 g/mol. The number of carbonyl (C=O) groups excluding carboxylic acids is 1. The van der Waals surface area contributed by atoms with Crippen LogP contribution in [-0.2, 0) is 11.3 Å². The molecule has 0 radical (unpaired) electrons. The van der Waals surface area contributed by atoms with Gasteiger partial charge in [-0.25, -0.2) is 4.98 Å². The molecule has 7 heteroatoms. The van der Waals surface area contributed by atoms with E-state index in [-0.39, 0.29) is 17.2 Å². The van der Waals surface area contributed by atoms with Gasteiger partial charge in [-0.1, -0.05) is 54.9 Å². The first-order valence-corrected chi connectivity index (χ1v) is 11.5. The number of thiophene rings is 1. The molecule has 1 aromatic carbocycles. The van der Waals surface area contributed by atoms with Crippen molar-refractivity contribution in [1.82, 2.24) is 14.9 Å². The van der Waals surface area contributed by atoms with Gasteiger partial charge in [-0.2, -0.15) is 0 Å². The smallest absolute Gasteiger partial charge is 0.272 e. The lowest BCUT2D eigenvalue weighted by molar-refractivity contribution is -0.119. The number of nitrogens with one attached hydrogen (secondary N) is 1. The normalized spacial score (nSPS) is 14.6. The lowest BCUT2D eigenvalue weighted by atomic mass is 10.2. The van der Waals surface area contributed by atoms with Crippen molar-refractivity contribution < 1.29 is 4.79 Å². The first-order valence-electron chi connectivity index (χ1n) is 9.67. The summed E-state index contributed by atoms with van der Waals surface area (Å²) in [6.45, 7) is 2.47. The van der Waals surface area contributed by atoms with Crippen molar-refractivity contribution in [2.24, 2.45) is 0 Å². The first-order chi connectivity index (χ1) is 13.7. The van der Waals surface area contributed by atoms with Crippen molar-refractivity contribution in [2.45, 2.75) is 50.4 Å². The highest BCUT2D eigenvalue weighted by molar-refractivity contribution is 7.99. The molecule has 0 spiro atoms. The fourth-order valence-electron chi connectivity index (χ4n) is 3.59. The molecule has 0 bridgehead atoms. The maximum absolute atomic E-state index is 13.0. The number of amides is 1. The Hall–Kier alpha value is -2.12. The van der Waals surface area contributed by atoms with E-state index < -0.39 is 0 Å². The topological polar surface area (TPSA) is 64.0 Å². The number of carbonyl (C=O) groups is 1. The van der Waals surface area contributed by atoms with Crippen molar-refractivity contribution in [1.29, 1.82) is 0 Å². The third kappa shape index (κ3) is 4.00. The van der Waals surface area contributed by atoms with E-state index in [0.29, 0.717) is 28.0 Å². The van der Waals surface area contributed by atoms with E-state index in [1.165, 1.54) is 35.9 Å². The van der Waals surface area contributed by atoms with Crippen LogP contribution < -0.4 is 10.9 Å². The Morgan fingerprint density at radius 2 is 2.04 bits per heavy atom. The predicted molar refractivity (Wildman–Crippen MR) is 116 cm³/mol. The number of aromatic nitrogens is 2. The van der Waals surface area contributed by atoms with Gasteiger partial charge in [0.25, 0.3) is 5.56 Å². The summed E-state index contributed by atoms with van der Waals surface area (Å²) in [5.74, 6) is 0.300. The summed E-state index contributed by atoms with van der Waals surface area (Å²) in [6.07, 6.45) is 4.51. The van der Waals surface area contributed by atoms with E-state index in [2.05, 4.69) is 5.32 Å². The summed E-state index contributed by atoms with van der Waals surface area (Å²) < 4.78 is 2.33. The van der Waals surface area contributed by atoms with Gasteiger partial charge < -0.3 is 5.32 Å². The molecule has 146 valence electrons. The van der Waals surface area contributed by atoms with Gasteiger partial charge in [0.1, 0.15) is 4.70 Å². The number of thioether (sulfide) groups is 1. The van der Waals surface area contributed by atoms with E-state index in [9.17, 15) is 9.59 Å². The van der Waals surface area contributed by atoms with E-state index in [1.807, 2.05) is 43.3 Å². The van der Waals surface area contributed by atoms with E-state index in [0.717, 1.165) is 23.3 Å². The van der Waals surface area contributed by atoms with Gasteiger partial charge in [0.05, 0.1) is 11.3 Å². The van der Waals surface area contributed by atoms with E-state index in [4.69, 9.17) is 4.98 Å². The molecule has 5 nitrogen and oxygen atoms in total. The Labute approximate surface area is 172 Å². The molecule has 1 saturated carbocycles. The molecule has 0 saturated heterocycles. The van der Waals surface area contributed by atoms with Crippen LogP contribution >= 0.6 is 23.1 Å². The molecule has 0 atom stereocenters. The van der Waals surface area contributed by atoms with Crippen LogP contribution in [0.1, 0.15) is 32.6 Å². The standard InChI is InChI=1S/C21H23N3O2S2/c1-2-24-20(26)19-16(12-17(28-19)14-8-4-3-5-9-14)23-21(24)27-13-18(25)22-15-10-6-7-11-15/h3-5,8-9,12,15H,2,6-7,10-11,13H2,1H3,(H,22,25). The number of rotatable bonds is 6. The molecule has 3 aromatic rings. The Balaban J connectivity index is 1.59. The number of nitrogens with zero attached hydrogens (tertiary/aromatic N) is 2. The Morgan fingerprint density at radius 3 is 2.75 bits per heavy atom. The van der Waals surface area contributed by atoms with Crippen LogP contribution in [0.15, 0.2) is 46.3 Å². The molecule has 0 unspecified atom stereocenters. The Morgan fingerprint density at radius 1 is 1.29 bits per heavy atom. The summed E-state index contributed by atoms with van der Waals surface area (Å²) in [4.78, 5) is 31.0. The lowest BCUT2D eigenvalue weighted by Crippen LogP contribution is -2.34. The number of hydrogen-bond acceptors (Lipinski definition) is 5. The zero-order chi connectivity index (χ0) is 19.5. The summed E-state index contributed by atoms with van der Waals surface area (Å²) in [5, 5.41) is 3.70. The van der Waals surface area contributed by atoms with Gasteiger partial charge in [0, 0.05) is 17.5 Å². The Bertz CT molecular complexity index is 1040. The number of hydrogen-bond donors (Lipinski definition) is 1. The minimum Gasteiger partial charge on any atom is -0.353 e. The van der Waals surface area contributed by atoms with Crippen molar-refractivity contribution in [3.8, 4) is 10.4 Å². The summed E-state index contributed by atoms with van der Waals surface area (Å²) in [7, 11) is 0. The van der Waals surface area contributed by atoms with Crippen molar-refractivity contribution in [2.75, 3.05) is 5.75 Å². The fourth-order valence-corrected chi connectivity index (χ4v) is 5.52. The molecule has 2 heterocycles. The van der Waals surface area contributed by atoms with Gasteiger partial charge >= 0.3 is 0 Å². The summed E-state index contributed by atoms with van der Waals surface area (Å²) in [6, 6.07) is 12.3.